The Morgan fingerprint density at radius 3 is 2.35 bits per heavy atom. The highest BCUT2D eigenvalue weighted by Gasteiger charge is 2.31. The first kappa shape index (κ1) is 23.8. The number of aryl methyl sites for hydroxylation is 1. The second-order valence-corrected chi connectivity index (χ2v) is 8.13. The maximum absolute atomic E-state index is 13.5. The molecule has 2 rings (SSSR count). The molecule has 0 N–H and O–H groups in total. The van der Waals surface area contributed by atoms with Crippen LogP contribution < -0.4 is 4.31 Å². The molecule has 0 radical (unpaired) electrons. The summed E-state index contributed by atoms with van der Waals surface area (Å²) in [5, 5.41) is 11.1. The Bertz CT molecular complexity index is 1100. The molecule has 0 unspecified atom stereocenters. The van der Waals surface area contributed by atoms with Gasteiger partial charge in [-0.15, -0.1) is 0 Å². The van der Waals surface area contributed by atoms with E-state index in [-0.39, 0.29) is 34.9 Å². The van der Waals surface area contributed by atoms with Crippen molar-refractivity contribution in [3.63, 3.8) is 0 Å². The van der Waals surface area contributed by atoms with Crippen LogP contribution in [0.15, 0.2) is 47.4 Å². The molecule has 0 saturated heterocycles. The van der Waals surface area contributed by atoms with E-state index in [4.69, 9.17) is 9.47 Å². The minimum atomic E-state index is -4.43. The highest BCUT2D eigenvalue weighted by atomic mass is 32.2. The van der Waals surface area contributed by atoms with E-state index in [2.05, 4.69) is 0 Å². The Hall–Kier alpha value is -3.47. The predicted molar refractivity (Wildman–Crippen MR) is 111 cm³/mol. The highest BCUT2D eigenvalue weighted by Crippen LogP contribution is 2.29. The van der Waals surface area contributed by atoms with E-state index in [1.165, 1.54) is 43.3 Å². The number of nitro benzene ring substituents is 1. The highest BCUT2D eigenvalue weighted by molar-refractivity contribution is 7.93. The molecule has 31 heavy (non-hydrogen) atoms. The SMILES string of the molecule is CCOC(=O)CN(c1cccc(C(=O)OCC)c1)S(=O)(=O)c1cc([N+](=O)[O-])ccc1C. The van der Waals surface area contributed by atoms with E-state index < -0.39 is 39.1 Å². The van der Waals surface area contributed by atoms with Gasteiger partial charge in [-0.05, 0) is 44.5 Å². The third kappa shape index (κ3) is 5.57. The van der Waals surface area contributed by atoms with E-state index in [0.717, 1.165) is 10.4 Å². The van der Waals surface area contributed by atoms with Crippen molar-refractivity contribution in [2.24, 2.45) is 0 Å². The van der Waals surface area contributed by atoms with Gasteiger partial charge < -0.3 is 9.47 Å². The van der Waals surface area contributed by atoms with Crippen molar-refractivity contribution in [2.75, 3.05) is 24.1 Å². The van der Waals surface area contributed by atoms with Gasteiger partial charge in [0.25, 0.3) is 15.7 Å². The van der Waals surface area contributed by atoms with Crippen LogP contribution in [0, 0.1) is 17.0 Å². The van der Waals surface area contributed by atoms with Gasteiger partial charge in [-0.1, -0.05) is 12.1 Å². The van der Waals surface area contributed by atoms with Crippen molar-refractivity contribution in [2.45, 2.75) is 25.7 Å². The third-order valence-corrected chi connectivity index (χ3v) is 6.09. The Balaban J connectivity index is 2.63. The van der Waals surface area contributed by atoms with Gasteiger partial charge in [-0.25, -0.2) is 13.2 Å². The Morgan fingerprint density at radius 2 is 1.74 bits per heavy atom. The number of benzene rings is 2. The number of rotatable bonds is 9. The van der Waals surface area contributed by atoms with Crippen molar-refractivity contribution in [1.82, 2.24) is 0 Å². The van der Waals surface area contributed by atoms with Crippen molar-refractivity contribution < 1.29 is 32.4 Å². The van der Waals surface area contributed by atoms with E-state index in [9.17, 15) is 28.1 Å². The zero-order valence-electron chi connectivity index (χ0n) is 17.2. The number of nitrogens with zero attached hydrogens (tertiary/aromatic N) is 2. The van der Waals surface area contributed by atoms with E-state index >= 15 is 0 Å². The molecule has 0 bridgehead atoms. The van der Waals surface area contributed by atoms with Gasteiger partial charge in [0.05, 0.1) is 34.3 Å². The van der Waals surface area contributed by atoms with Gasteiger partial charge in [-0.2, -0.15) is 0 Å². The van der Waals surface area contributed by atoms with E-state index in [1.807, 2.05) is 0 Å². The molecule has 0 aliphatic rings. The molecule has 11 heteroatoms. The molecule has 0 amide bonds. The van der Waals surface area contributed by atoms with Gasteiger partial charge >= 0.3 is 11.9 Å². The van der Waals surface area contributed by atoms with Gasteiger partial charge in [0.2, 0.25) is 0 Å². The zero-order valence-corrected chi connectivity index (χ0v) is 18.0. The summed E-state index contributed by atoms with van der Waals surface area (Å²) in [5.41, 5.74) is -0.0785. The number of hydrogen-bond donors (Lipinski definition) is 0. The van der Waals surface area contributed by atoms with Gasteiger partial charge in [-0.3, -0.25) is 19.2 Å². The number of ether oxygens (including phenoxy) is 2. The molecule has 0 aliphatic heterocycles. The maximum atomic E-state index is 13.5. The van der Waals surface area contributed by atoms with E-state index in [0.29, 0.717) is 0 Å². The Morgan fingerprint density at radius 1 is 1.06 bits per heavy atom. The van der Waals surface area contributed by atoms with Crippen LogP contribution in [0.5, 0.6) is 0 Å². The number of non-ortho nitro benzene ring substituents is 1. The second kappa shape index (κ2) is 10.0. The molecule has 0 aliphatic carbocycles. The fraction of sp³-hybridized carbons (Fsp3) is 0.300. The summed E-state index contributed by atoms with van der Waals surface area (Å²) >= 11 is 0. The summed E-state index contributed by atoms with van der Waals surface area (Å²) in [5.74, 6) is -1.49. The van der Waals surface area contributed by atoms with Crippen LogP contribution in [0.2, 0.25) is 0 Å². The molecular weight excluding hydrogens is 428 g/mol. The number of esters is 2. The number of carbonyl (C=O) groups excluding carboxylic acids is 2. The number of sulfonamides is 1. The fourth-order valence-corrected chi connectivity index (χ4v) is 4.39. The van der Waals surface area contributed by atoms with Crippen LogP contribution in [0.25, 0.3) is 0 Å². The van der Waals surface area contributed by atoms with Gasteiger partial charge in [0.1, 0.15) is 6.54 Å². The summed E-state index contributed by atoms with van der Waals surface area (Å²) in [6.45, 7) is 4.15. The van der Waals surface area contributed by atoms with Crippen molar-refractivity contribution >= 4 is 33.3 Å². The predicted octanol–water partition coefficient (Wildman–Crippen LogP) is 2.84. The summed E-state index contributed by atoms with van der Waals surface area (Å²) in [6.07, 6.45) is 0. The van der Waals surface area contributed by atoms with Crippen LogP contribution in [0.1, 0.15) is 29.8 Å². The fourth-order valence-electron chi connectivity index (χ4n) is 2.74. The van der Waals surface area contributed by atoms with Gasteiger partial charge in [0.15, 0.2) is 0 Å². The summed E-state index contributed by atoms with van der Waals surface area (Å²) in [7, 11) is -4.43. The smallest absolute Gasteiger partial charge is 0.338 e. The van der Waals surface area contributed by atoms with Crippen LogP contribution in [0.3, 0.4) is 0 Å². The molecule has 2 aromatic carbocycles. The number of nitro groups is 1. The minimum absolute atomic E-state index is 0.00418. The molecular formula is C20H22N2O8S. The zero-order chi connectivity index (χ0) is 23.2. The Kier molecular flexibility index (Phi) is 7.70. The van der Waals surface area contributed by atoms with Gasteiger partial charge in [0, 0.05) is 12.1 Å². The van der Waals surface area contributed by atoms with Crippen LogP contribution in [-0.2, 0) is 24.3 Å². The molecule has 0 saturated carbocycles. The summed E-state index contributed by atoms with van der Waals surface area (Å²) in [4.78, 5) is 34.3. The lowest BCUT2D eigenvalue weighted by Gasteiger charge is -2.24. The average molecular weight is 450 g/mol. The van der Waals surface area contributed by atoms with Crippen molar-refractivity contribution in [1.29, 1.82) is 0 Å². The Labute approximate surface area is 179 Å². The normalized spacial score (nSPS) is 10.9. The molecule has 0 atom stereocenters. The molecule has 166 valence electrons. The number of hydrogen-bond acceptors (Lipinski definition) is 8. The first-order valence-corrected chi connectivity index (χ1v) is 10.8. The lowest BCUT2D eigenvalue weighted by atomic mass is 10.2. The summed E-state index contributed by atoms with van der Waals surface area (Å²) in [6, 6.07) is 8.96. The van der Waals surface area contributed by atoms with Crippen molar-refractivity contribution in [3.05, 3.63) is 63.7 Å². The number of carbonyl (C=O) groups is 2. The first-order valence-electron chi connectivity index (χ1n) is 9.32. The van der Waals surface area contributed by atoms with Crippen LogP contribution >= 0.6 is 0 Å². The van der Waals surface area contributed by atoms with Crippen LogP contribution in [-0.4, -0.2) is 45.0 Å². The van der Waals surface area contributed by atoms with Crippen LogP contribution in [0.4, 0.5) is 11.4 Å². The topological polar surface area (TPSA) is 133 Å². The molecule has 0 heterocycles. The quantitative estimate of drug-likeness (QED) is 0.323. The second-order valence-electron chi connectivity index (χ2n) is 6.29. The molecule has 0 spiro atoms. The molecule has 0 fully saturated rings. The average Bonchev–Trinajstić information content (AvgIpc) is 2.72. The first-order chi connectivity index (χ1) is 14.6. The maximum Gasteiger partial charge on any atom is 0.338 e. The molecule has 0 aromatic heterocycles. The lowest BCUT2D eigenvalue weighted by molar-refractivity contribution is -0.385. The molecule has 2 aromatic rings. The van der Waals surface area contributed by atoms with Crippen molar-refractivity contribution in [3.8, 4) is 0 Å². The third-order valence-electron chi connectivity index (χ3n) is 4.17. The monoisotopic (exact) mass is 450 g/mol. The lowest BCUT2D eigenvalue weighted by Crippen LogP contribution is -2.37. The van der Waals surface area contributed by atoms with E-state index in [1.54, 1.807) is 13.8 Å². The largest absolute Gasteiger partial charge is 0.465 e. The molecule has 10 nitrogen and oxygen atoms in total. The number of anilines is 1. The minimum Gasteiger partial charge on any atom is -0.465 e. The standard InChI is InChI=1S/C20H22N2O8S/c1-4-29-19(23)13-21(16-8-6-7-15(11-16)20(24)30-5-2)31(27,28)18-12-17(22(25)26)10-9-14(18)3/h6-12H,4-5,13H2,1-3H3. The summed E-state index contributed by atoms with van der Waals surface area (Å²) < 4.78 is 37.5.